The predicted molar refractivity (Wildman–Crippen MR) is 79.3 cm³/mol. The number of likely N-dealkylation sites (tertiary alicyclic amines) is 1. The van der Waals surface area contributed by atoms with Gasteiger partial charge in [-0.2, -0.15) is 0 Å². The highest BCUT2D eigenvalue weighted by Crippen LogP contribution is 2.20. The quantitative estimate of drug-likeness (QED) is 0.745. The third kappa shape index (κ3) is 4.04. The number of nitrogens with zero attached hydrogens (tertiary/aromatic N) is 3. The van der Waals surface area contributed by atoms with Gasteiger partial charge in [0.15, 0.2) is 6.39 Å². The first-order chi connectivity index (χ1) is 10.1. The van der Waals surface area contributed by atoms with E-state index in [2.05, 4.69) is 16.9 Å². The SMILES string of the molecule is COCCCN(C(=O)c1ocnc1C)C1CCN(C)CC1. The molecule has 0 atom stereocenters. The van der Waals surface area contributed by atoms with Crippen molar-refractivity contribution in [1.82, 2.24) is 14.8 Å². The Balaban J connectivity index is 2.07. The second-order valence-corrected chi connectivity index (χ2v) is 5.65. The number of hydrogen-bond donors (Lipinski definition) is 0. The standard InChI is InChI=1S/C15H25N3O3/c1-12-14(21-11-16-12)15(19)18(7-4-10-20-3)13-5-8-17(2)9-6-13/h11,13H,4-10H2,1-3H3. The van der Waals surface area contributed by atoms with Crippen LogP contribution < -0.4 is 0 Å². The predicted octanol–water partition coefficient (Wildman–Crippen LogP) is 1.56. The molecule has 1 aromatic heterocycles. The Morgan fingerprint density at radius 3 is 2.81 bits per heavy atom. The third-order valence-corrected chi connectivity index (χ3v) is 4.08. The highest BCUT2D eigenvalue weighted by Gasteiger charge is 2.29. The van der Waals surface area contributed by atoms with Crippen LogP contribution in [-0.2, 0) is 4.74 Å². The van der Waals surface area contributed by atoms with Gasteiger partial charge in [-0.05, 0) is 46.3 Å². The lowest BCUT2D eigenvalue weighted by Gasteiger charge is -2.37. The number of rotatable bonds is 6. The number of piperidine rings is 1. The molecular weight excluding hydrogens is 270 g/mol. The molecule has 1 fully saturated rings. The Kier molecular flexibility index (Phi) is 5.76. The van der Waals surface area contributed by atoms with Crippen molar-refractivity contribution in [3.63, 3.8) is 0 Å². The minimum Gasteiger partial charge on any atom is -0.438 e. The Hall–Kier alpha value is -1.40. The van der Waals surface area contributed by atoms with E-state index in [9.17, 15) is 4.79 Å². The van der Waals surface area contributed by atoms with Gasteiger partial charge >= 0.3 is 0 Å². The molecule has 1 amide bonds. The number of methoxy groups -OCH3 is 1. The molecular formula is C15H25N3O3. The zero-order valence-electron chi connectivity index (χ0n) is 13.2. The van der Waals surface area contributed by atoms with E-state index in [0.717, 1.165) is 32.4 Å². The normalized spacial score (nSPS) is 17.1. The fourth-order valence-corrected chi connectivity index (χ4v) is 2.77. The lowest BCUT2D eigenvalue weighted by molar-refractivity contribution is 0.0532. The molecule has 1 saturated heterocycles. The summed E-state index contributed by atoms with van der Waals surface area (Å²) in [6.45, 7) is 5.20. The van der Waals surface area contributed by atoms with Crippen LogP contribution in [-0.4, -0.2) is 67.1 Å². The van der Waals surface area contributed by atoms with Crippen LogP contribution in [0.4, 0.5) is 0 Å². The van der Waals surface area contributed by atoms with E-state index in [1.165, 1.54) is 6.39 Å². The number of amides is 1. The van der Waals surface area contributed by atoms with E-state index in [1.54, 1.807) is 14.0 Å². The summed E-state index contributed by atoms with van der Waals surface area (Å²) in [7, 11) is 3.80. The van der Waals surface area contributed by atoms with Crippen LogP contribution in [0.3, 0.4) is 0 Å². The van der Waals surface area contributed by atoms with Crippen molar-refractivity contribution in [2.24, 2.45) is 0 Å². The van der Waals surface area contributed by atoms with Crippen LogP contribution >= 0.6 is 0 Å². The molecule has 0 radical (unpaired) electrons. The summed E-state index contributed by atoms with van der Waals surface area (Å²) >= 11 is 0. The van der Waals surface area contributed by atoms with Crippen molar-refractivity contribution in [1.29, 1.82) is 0 Å². The first-order valence-electron chi connectivity index (χ1n) is 7.52. The van der Waals surface area contributed by atoms with E-state index >= 15 is 0 Å². The monoisotopic (exact) mass is 295 g/mol. The second kappa shape index (κ2) is 7.56. The maximum atomic E-state index is 12.7. The molecule has 2 rings (SSSR count). The molecule has 6 heteroatoms. The Morgan fingerprint density at radius 1 is 1.52 bits per heavy atom. The number of oxazole rings is 1. The van der Waals surface area contributed by atoms with Crippen LogP contribution in [0.1, 0.15) is 35.5 Å². The molecule has 0 aromatic carbocycles. The second-order valence-electron chi connectivity index (χ2n) is 5.65. The van der Waals surface area contributed by atoms with E-state index in [0.29, 0.717) is 24.6 Å². The van der Waals surface area contributed by atoms with Gasteiger partial charge in [-0.3, -0.25) is 4.79 Å². The summed E-state index contributed by atoms with van der Waals surface area (Å²) in [5, 5.41) is 0. The molecule has 1 aliphatic rings. The molecule has 2 heterocycles. The lowest BCUT2D eigenvalue weighted by atomic mass is 10.0. The fourth-order valence-electron chi connectivity index (χ4n) is 2.77. The molecule has 1 aromatic rings. The number of ether oxygens (including phenoxy) is 1. The van der Waals surface area contributed by atoms with Crippen molar-refractivity contribution >= 4 is 5.91 Å². The summed E-state index contributed by atoms with van der Waals surface area (Å²) in [6, 6.07) is 0.273. The first kappa shape index (κ1) is 16.0. The van der Waals surface area contributed by atoms with Gasteiger partial charge in [0, 0.05) is 26.3 Å². The minimum absolute atomic E-state index is 0.0457. The zero-order chi connectivity index (χ0) is 15.2. The van der Waals surface area contributed by atoms with Crippen LogP contribution in [0.25, 0.3) is 0 Å². The Bertz CT molecular complexity index is 453. The topological polar surface area (TPSA) is 58.8 Å². The highest BCUT2D eigenvalue weighted by atomic mass is 16.5. The smallest absolute Gasteiger partial charge is 0.291 e. The van der Waals surface area contributed by atoms with Crippen LogP contribution in [0.15, 0.2) is 10.8 Å². The number of carbonyl (C=O) groups is 1. The zero-order valence-corrected chi connectivity index (χ0v) is 13.2. The van der Waals surface area contributed by atoms with Crippen molar-refractivity contribution in [2.45, 2.75) is 32.2 Å². The summed E-state index contributed by atoms with van der Waals surface area (Å²) in [5.74, 6) is 0.321. The minimum atomic E-state index is -0.0457. The van der Waals surface area contributed by atoms with Gasteiger partial charge in [-0.25, -0.2) is 4.98 Å². The van der Waals surface area contributed by atoms with Crippen molar-refractivity contribution in [3.8, 4) is 0 Å². The van der Waals surface area contributed by atoms with Crippen LogP contribution in [0.5, 0.6) is 0 Å². The molecule has 0 unspecified atom stereocenters. The number of carbonyl (C=O) groups excluding carboxylic acids is 1. The Labute approximate surface area is 126 Å². The number of aryl methyl sites for hydroxylation is 1. The molecule has 1 aliphatic heterocycles. The fraction of sp³-hybridized carbons (Fsp3) is 0.733. The Morgan fingerprint density at radius 2 is 2.24 bits per heavy atom. The molecule has 0 bridgehead atoms. The van der Waals surface area contributed by atoms with Gasteiger partial charge in [0.25, 0.3) is 5.91 Å². The maximum absolute atomic E-state index is 12.7. The van der Waals surface area contributed by atoms with Gasteiger partial charge < -0.3 is 19.0 Å². The van der Waals surface area contributed by atoms with Gasteiger partial charge in [-0.15, -0.1) is 0 Å². The average molecular weight is 295 g/mol. The largest absolute Gasteiger partial charge is 0.438 e. The van der Waals surface area contributed by atoms with Gasteiger partial charge in [-0.1, -0.05) is 0 Å². The van der Waals surface area contributed by atoms with E-state index in [-0.39, 0.29) is 11.9 Å². The molecule has 0 spiro atoms. The van der Waals surface area contributed by atoms with E-state index in [4.69, 9.17) is 9.15 Å². The van der Waals surface area contributed by atoms with Crippen LogP contribution in [0.2, 0.25) is 0 Å². The molecule has 0 aliphatic carbocycles. The first-order valence-corrected chi connectivity index (χ1v) is 7.52. The molecule has 118 valence electrons. The summed E-state index contributed by atoms with van der Waals surface area (Å²) in [5.41, 5.74) is 0.657. The van der Waals surface area contributed by atoms with Crippen molar-refractivity contribution in [3.05, 3.63) is 17.8 Å². The van der Waals surface area contributed by atoms with E-state index in [1.807, 2.05) is 4.90 Å². The molecule has 0 N–H and O–H groups in total. The molecule has 21 heavy (non-hydrogen) atoms. The number of aromatic nitrogens is 1. The maximum Gasteiger partial charge on any atom is 0.291 e. The van der Waals surface area contributed by atoms with Gasteiger partial charge in [0.05, 0.1) is 5.69 Å². The summed E-state index contributed by atoms with van der Waals surface area (Å²) in [4.78, 5) is 21.0. The number of hydrogen-bond acceptors (Lipinski definition) is 5. The third-order valence-electron chi connectivity index (χ3n) is 4.08. The van der Waals surface area contributed by atoms with Crippen LogP contribution in [0, 0.1) is 6.92 Å². The van der Waals surface area contributed by atoms with Gasteiger partial charge in [0.2, 0.25) is 5.76 Å². The van der Waals surface area contributed by atoms with Gasteiger partial charge in [0.1, 0.15) is 0 Å². The lowest BCUT2D eigenvalue weighted by Crippen LogP contribution is -2.47. The van der Waals surface area contributed by atoms with Crippen molar-refractivity contribution < 1.29 is 13.9 Å². The molecule has 6 nitrogen and oxygen atoms in total. The average Bonchev–Trinajstić information content (AvgIpc) is 2.90. The van der Waals surface area contributed by atoms with E-state index < -0.39 is 0 Å². The summed E-state index contributed by atoms with van der Waals surface area (Å²) < 4.78 is 10.4. The van der Waals surface area contributed by atoms with Crippen molar-refractivity contribution in [2.75, 3.05) is 40.4 Å². The highest BCUT2D eigenvalue weighted by molar-refractivity contribution is 5.92. The molecule has 0 saturated carbocycles. The summed E-state index contributed by atoms with van der Waals surface area (Å²) in [6.07, 6.45) is 4.18.